The molecule has 4 aromatic rings. The Kier molecular flexibility index (Phi) is 6.25. The van der Waals surface area contributed by atoms with Crippen molar-refractivity contribution in [1.29, 1.82) is 0 Å². The molecule has 0 unspecified atom stereocenters. The number of aryl methyl sites for hydroxylation is 1. The smallest absolute Gasteiger partial charge is 0.204 e. The lowest BCUT2D eigenvalue weighted by Gasteiger charge is -2.13. The Labute approximate surface area is 180 Å². The highest BCUT2D eigenvalue weighted by molar-refractivity contribution is 7.22. The number of nitrogens with zero attached hydrogens (tertiary/aromatic N) is 2. The van der Waals surface area contributed by atoms with Gasteiger partial charge in [-0.15, -0.1) is 0 Å². The van der Waals surface area contributed by atoms with Gasteiger partial charge in [-0.2, -0.15) is 5.10 Å². The Bertz CT molecular complexity index is 1140. The van der Waals surface area contributed by atoms with Gasteiger partial charge in [-0.1, -0.05) is 53.3 Å². The molecule has 3 aromatic carbocycles. The number of thiazole rings is 1. The summed E-state index contributed by atoms with van der Waals surface area (Å²) in [6, 6.07) is 22.1. The van der Waals surface area contributed by atoms with E-state index < -0.39 is 0 Å². The van der Waals surface area contributed by atoms with Gasteiger partial charge < -0.3 is 9.47 Å². The zero-order chi connectivity index (χ0) is 20.8. The maximum absolute atomic E-state index is 6.00. The normalized spacial score (nSPS) is 11.1. The molecule has 0 amide bonds. The van der Waals surface area contributed by atoms with Crippen LogP contribution in [-0.4, -0.2) is 17.8 Å². The highest BCUT2D eigenvalue weighted by Crippen LogP contribution is 2.29. The number of fused-ring (bicyclic) bond motifs is 1. The summed E-state index contributed by atoms with van der Waals surface area (Å²) in [5, 5.41) is 5.08. The molecule has 0 bridgehead atoms. The van der Waals surface area contributed by atoms with Crippen LogP contribution in [-0.2, 0) is 6.61 Å². The van der Waals surface area contributed by atoms with Gasteiger partial charge in [0, 0.05) is 0 Å². The van der Waals surface area contributed by atoms with Crippen molar-refractivity contribution < 1.29 is 9.47 Å². The van der Waals surface area contributed by atoms with Crippen molar-refractivity contribution in [3.05, 3.63) is 83.4 Å². The van der Waals surface area contributed by atoms with Gasteiger partial charge in [0.25, 0.3) is 0 Å². The van der Waals surface area contributed by atoms with E-state index in [9.17, 15) is 0 Å². The first-order valence-electron chi connectivity index (χ1n) is 9.81. The van der Waals surface area contributed by atoms with Gasteiger partial charge in [0.2, 0.25) is 5.13 Å². The summed E-state index contributed by atoms with van der Waals surface area (Å²) in [5.74, 6) is 1.42. The zero-order valence-corrected chi connectivity index (χ0v) is 17.8. The molecule has 5 nitrogen and oxygen atoms in total. The molecule has 1 aromatic heterocycles. The Balaban J connectivity index is 1.44. The number of hydrazone groups is 1. The molecule has 4 rings (SSSR count). The first-order valence-corrected chi connectivity index (χ1v) is 10.6. The predicted octanol–water partition coefficient (Wildman–Crippen LogP) is 6.03. The van der Waals surface area contributed by atoms with Crippen molar-refractivity contribution in [2.24, 2.45) is 5.10 Å². The van der Waals surface area contributed by atoms with E-state index in [-0.39, 0.29) is 0 Å². The second kappa shape index (κ2) is 9.41. The summed E-state index contributed by atoms with van der Waals surface area (Å²) in [4.78, 5) is 4.51. The molecule has 1 heterocycles. The average Bonchev–Trinajstić information content (AvgIpc) is 3.16. The molecule has 152 valence electrons. The molecule has 0 saturated heterocycles. The summed E-state index contributed by atoms with van der Waals surface area (Å²) >= 11 is 1.57. The van der Waals surface area contributed by atoms with Crippen molar-refractivity contribution in [1.82, 2.24) is 4.98 Å². The lowest BCUT2D eigenvalue weighted by molar-refractivity contribution is 0.269. The highest BCUT2D eigenvalue weighted by Gasteiger charge is 2.07. The van der Waals surface area contributed by atoms with E-state index >= 15 is 0 Å². The number of ether oxygens (including phenoxy) is 2. The molecule has 30 heavy (non-hydrogen) atoms. The summed E-state index contributed by atoms with van der Waals surface area (Å²) in [5.41, 5.74) is 7.23. The van der Waals surface area contributed by atoms with Crippen molar-refractivity contribution >= 4 is 32.9 Å². The first kappa shape index (κ1) is 19.9. The summed E-state index contributed by atoms with van der Waals surface area (Å²) in [6.45, 7) is 5.09. The minimum absolute atomic E-state index is 0.494. The lowest BCUT2D eigenvalue weighted by atomic mass is 10.1. The van der Waals surface area contributed by atoms with Gasteiger partial charge >= 0.3 is 0 Å². The number of benzene rings is 3. The van der Waals surface area contributed by atoms with Crippen LogP contribution in [0, 0.1) is 6.92 Å². The summed E-state index contributed by atoms with van der Waals surface area (Å²) < 4.78 is 12.9. The number of rotatable bonds is 8. The van der Waals surface area contributed by atoms with Crippen molar-refractivity contribution in [2.75, 3.05) is 12.0 Å². The van der Waals surface area contributed by atoms with E-state index in [0.717, 1.165) is 32.2 Å². The van der Waals surface area contributed by atoms with Gasteiger partial charge in [0.15, 0.2) is 11.5 Å². The molecule has 0 radical (unpaired) electrons. The van der Waals surface area contributed by atoms with Crippen molar-refractivity contribution in [2.45, 2.75) is 20.5 Å². The van der Waals surface area contributed by atoms with Gasteiger partial charge in [-0.25, -0.2) is 4.98 Å². The van der Waals surface area contributed by atoms with E-state index in [2.05, 4.69) is 40.6 Å². The Morgan fingerprint density at radius 2 is 1.90 bits per heavy atom. The zero-order valence-electron chi connectivity index (χ0n) is 17.0. The minimum Gasteiger partial charge on any atom is -0.490 e. The number of hydrogen-bond donors (Lipinski definition) is 1. The summed E-state index contributed by atoms with van der Waals surface area (Å²) in [6.07, 6.45) is 1.75. The second-order valence-electron chi connectivity index (χ2n) is 6.77. The third-order valence-corrected chi connectivity index (χ3v) is 5.35. The van der Waals surface area contributed by atoms with Crippen LogP contribution in [0.25, 0.3) is 10.2 Å². The largest absolute Gasteiger partial charge is 0.490 e. The van der Waals surface area contributed by atoms with Crippen LogP contribution in [0.15, 0.2) is 71.8 Å². The number of anilines is 1. The molecule has 1 N–H and O–H groups in total. The van der Waals surface area contributed by atoms with E-state index in [1.165, 1.54) is 5.56 Å². The fourth-order valence-corrected chi connectivity index (χ4v) is 3.85. The fraction of sp³-hybridized carbons (Fsp3) is 0.167. The molecule has 0 aliphatic carbocycles. The van der Waals surface area contributed by atoms with Crippen LogP contribution in [0.1, 0.15) is 23.6 Å². The van der Waals surface area contributed by atoms with E-state index in [0.29, 0.717) is 19.0 Å². The monoisotopic (exact) mass is 417 g/mol. The highest BCUT2D eigenvalue weighted by atomic mass is 32.1. The summed E-state index contributed by atoms with van der Waals surface area (Å²) in [7, 11) is 0. The number of hydrogen-bond acceptors (Lipinski definition) is 6. The van der Waals surface area contributed by atoms with Crippen LogP contribution in [0.4, 0.5) is 5.13 Å². The molecular formula is C24H23N3O2S. The van der Waals surface area contributed by atoms with Gasteiger partial charge in [-0.3, -0.25) is 5.43 Å². The van der Waals surface area contributed by atoms with Crippen LogP contribution in [0.3, 0.4) is 0 Å². The van der Waals surface area contributed by atoms with Crippen LogP contribution in [0.2, 0.25) is 0 Å². The Morgan fingerprint density at radius 1 is 1.00 bits per heavy atom. The molecule has 0 spiro atoms. The second-order valence-corrected chi connectivity index (χ2v) is 7.80. The first-order chi connectivity index (χ1) is 14.7. The molecule has 0 fully saturated rings. The lowest BCUT2D eigenvalue weighted by Crippen LogP contribution is -2.01. The number of para-hydroxylation sites is 1. The maximum atomic E-state index is 6.00. The van der Waals surface area contributed by atoms with Gasteiger partial charge in [-0.05, 0) is 55.3 Å². The standard InChI is InChI=1S/C24H23N3O2S/c1-3-28-22-14-18(11-12-21(22)29-16-19-8-6-7-17(2)13-19)15-25-27-24-26-20-9-4-5-10-23(20)30-24/h4-15H,3,16H2,1-2H3,(H,26,27)/b25-15-. The van der Waals surface area contributed by atoms with Crippen LogP contribution >= 0.6 is 11.3 Å². The molecule has 0 saturated carbocycles. The minimum atomic E-state index is 0.494. The van der Waals surface area contributed by atoms with E-state index in [1.54, 1.807) is 17.6 Å². The third kappa shape index (κ3) is 4.96. The Morgan fingerprint density at radius 3 is 2.73 bits per heavy atom. The topological polar surface area (TPSA) is 55.7 Å². The SMILES string of the molecule is CCOc1cc(/C=N\Nc2nc3ccccc3s2)ccc1OCc1cccc(C)c1. The Hall–Kier alpha value is -3.38. The van der Waals surface area contributed by atoms with Gasteiger partial charge in [0.05, 0.1) is 23.0 Å². The molecular weight excluding hydrogens is 394 g/mol. The third-order valence-electron chi connectivity index (χ3n) is 4.41. The molecule has 0 atom stereocenters. The van der Waals surface area contributed by atoms with E-state index in [1.807, 2.05) is 55.5 Å². The predicted molar refractivity (Wildman–Crippen MR) is 124 cm³/mol. The fourth-order valence-electron chi connectivity index (χ4n) is 3.04. The number of nitrogens with one attached hydrogen (secondary N) is 1. The molecule has 6 heteroatoms. The quantitative estimate of drug-likeness (QED) is 0.281. The van der Waals surface area contributed by atoms with Gasteiger partial charge in [0.1, 0.15) is 6.61 Å². The van der Waals surface area contributed by atoms with Crippen molar-refractivity contribution in [3.63, 3.8) is 0 Å². The average molecular weight is 418 g/mol. The van der Waals surface area contributed by atoms with Crippen molar-refractivity contribution in [3.8, 4) is 11.5 Å². The maximum Gasteiger partial charge on any atom is 0.204 e. The molecule has 0 aliphatic heterocycles. The molecule has 0 aliphatic rings. The number of aromatic nitrogens is 1. The van der Waals surface area contributed by atoms with E-state index in [4.69, 9.17) is 9.47 Å². The van der Waals surface area contributed by atoms with Crippen LogP contribution < -0.4 is 14.9 Å². The van der Waals surface area contributed by atoms with Crippen LogP contribution in [0.5, 0.6) is 11.5 Å².